The van der Waals surface area contributed by atoms with Crippen molar-refractivity contribution >= 4 is 23.2 Å². The van der Waals surface area contributed by atoms with E-state index in [0.717, 1.165) is 16.7 Å². The van der Waals surface area contributed by atoms with Gasteiger partial charge in [-0.25, -0.2) is 0 Å². The highest BCUT2D eigenvalue weighted by Crippen LogP contribution is 2.35. The minimum atomic E-state index is -0.805. The first-order valence-electron chi connectivity index (χ1n) is 6.22. The molecular weight excluding hydrogens is 295 g/mol. The molecule has 0 aliphatic heterocycles. The molecule has 0 aliphatic rings. The first-order valence-corrected chi connectivity index (χ1v) is 6.97. The normalized spacial score (nSPS) is 12.3. The number of halogens is 2. The van der Waals surface area contributed by atoms with E-state index >= 15 is 0 Å². The van der Waals surface area contributed by atoms with Crippen molar-refractivity contribution < 1.29 is 9.84 Å². The summed E-state index contributed by atoms with van der Waals surface area (Å²) in [6, 6.07) is 9.03. The summed E-state index contributed by atoms with van der Waals surface area (Å²) in [5.74, 6) is 0.668. The maximum atomic E-state index is 10.6. The SMILES string of the molecule is COc1cc(C)cc(C)c1C(O)c1ccc(Cl)c(Cl)c1. The van der Waals surface area contributed by atoms with Crippen LogP contribution in [0.2, 0.25) is 10.0 Å². The highest BCUT2D eigenvalue weighted by atomic mass is 35.5. The zero-order chi connectivity index (χ0) is 14.9. The lowest BCUT2D eigenvalue weighted by Gasteiger charge is -2.19. The van der Waals surface area contributed by atoms with Gasteiger partial charge in [-0.1, -0.05) is 35.3 Å². The van der Waals surface area contributed by atoms with Crippen LogP contribution in [-0.2, 0) is 0 Å². The highest BCUT2D eigenvalue weighted by Gasteiger charge is 2.19. The van der Waals surface area contributed by atoms with Crippen molar-refractivity contribution in [3.8, 4) is 5.75 Å². The van der Waals surface area contributed by atoms with Crippen LogP contribution in [0.4, 0.5) is 0 Å². The monoisotopic (exact) mass is 310 g/mol. The summed E-state index contributed by atoms with van der Waals surface area (Å²) in [7, 11) is 1.60. The second-order valence-electron chi connectivity index (χ2n) is 4.77. The summed E-state index contributed by atoms with van der Waals surface area (Å²) in [5, 5.41) is 11.5. The molecular formula is C16H16Cl2O2. The predicted octanol–water partition coefficient (Wildman–Crippen LogP) is 4.70. The Bertz CT molecular complexity index is 639. The van der Waals surface area contributed by atoms with Crippen molar-refractivity contribution in [1.82, 2.24) is 0 Å². The van der Waals surface area contributed by atoms with E-state index in [0.29, 0.717) is 21.4 Å². The van der Waals surface area contributed by atoms with Crippen LogP contribution >= 0.6 is 23.2 Å². The average Bonchev–Trinajstić information content (AvgIpc) is 2.40. The number of aliphatic hydroxyl groups excluding tert-OH is 1. The molecule has 2 rings (SSSR count). The lowest BCUT2D eigenvalue weighted by molar-refractivity contribution is 0.214. The van der Waals surface area contributed by atoms with Crippen molar-refractivity contribution in [3.63, 3.8) is 0 Å². The Kier molecular flexibility index (Phi) is 4.59. The van der Waals surface area contributed by atoms with Crippen molar-refractivity contribution in [2.45, 2.75) is 20.0 Å². The van der Waals surface area contributed by atoms with Crippen molar-refractivity contribution in [2.24, 2.45) is 0 Å². The molecule has 0 saturated carbocycles. The minimum absolute atomic E-state index is 0.423. The van der Waals surface area contributed by atoms with Crippen LogP contribution in [0.25, 0.3) is 0 Å². The van der Waals surface area contributed by atoms with Crippen molar-refractivity contribution in [3.05, 3.63) is 62.6 Å². The van der Waals surface area contributed by atoms with E-state index in [1.165, 1.54) is 0 Å². The molecule has 20 heavy (non-hydrogen) atoms. The van der Waals surface area contributed by atoms with E-state index in [4.69, 9.17) is 27.9 Å². The number of methoxy groups -OCH3 is 1. The third kappa shape index (κ3) is 2.93. The average molecular weight is 311 g/mol. The predicted molar refractivity (Wildman–Crippen MR) is 83.0 cm³/mol. The van der Waals surface area contributed by atoms with E-state index < -0.39 is 6.10 Å². The molecule has 2 aromatic rings. The van der Waals surface area contributed by atoms with Crippen LogP contribution < -0.4 is 4.74 Å². The summed E-state index contributed by atoms with van der Waals surface area (Å²) in [4.78, 5) is 0. The standard InChI is InChI=1S/C16H16Cl2O2/c1-9-6-10(2)15(14(7-9)20-3)16(19)11-4-5-12(17)13(18)8-11/h4-8,16,19H,1-3H3. The molecule has 0 bridgehead atoms. The fraction of sp³-hybridized carbons (Fsp3) is 0.250. The van der Waals surface area contributed by atoms with Crippen LogP contribution in [0.15, 0.2) is 30.3 Å². The van der Waals surface area contributed by atoms with Crippen LogP contribution in [0.5, 0.6) is 5.75 Å². The maximum Gasteiger partial charge on any atom is 0.125 e. The summed E-state index contributed by atoms with van der Waals surface area (Å²) in [6.07, 6.45) is -0.805. The summed E-state index contributed by atoms with van der Waals surface area (Å²) in [5.41, 5.74) is 3.49. The molecule has 0 aliphatic carbocycles. The first kappa shape index (κ1) is 15.2. The Morgan fingerprint density at radius 3 is 2.35 bits per heavy atom. The molecule has 1 unspecified atom stereocenters. The number of aliphatic hydroxyl groups is 1. The van der Waals surface area contributed by atoms with Gasteiger partial charge in [0.15, 0.2) is 0 Å². The van der Waals surface area contributed by atoms with Gasteiger partial charge in [-0.05, 0) is 48.7 Å². The lowest BCUT2D eigenvalue weighted by atomic mass is 9.95. The summed E-state index contributed by atoms with van der Waals surface area (Å²) >= 11 is 11.9. The third-order valence-electron chi connectivity index (χ3n) is 3.25. The molecule has 106 valence electrons. The van der Waals surface area contributed by atoms with E-state index in [-0.39, 0.29) is 0 Å². The summed E-state index contributed by atoms with van der Waals surface area (Å²) in [6.45, 7) is 3.94. The Morgan fingerprint density at radius 1 is 1.05 bits per heavy atom. The molecule has 0 spiro atoms. The largest absolute Gasteiger partial charge is 0.496 e. The third-order valence-corrected chi connectivity index (χ3v) is 3.99. The van der Waals surface area contributed by atoms with Gasteiger partial charge in [-0.15, -0.1) is 0 Å². The number of ether oxygens (including phenoxy) is 1. The molecule has 0 aromatic heterocycles. The highest BCUT2D eigenvalue weighted by molar-refractivity contribution is 6.42. The van der Waals surface area contributed by atoms with Crippen molar-refractivity contribution in [2.75, 3.05) is 7.11 Å². The van der Waals surface area contributed by atoms with Crippen LogP contribution in [0, 0.1) is 13.8 Å². The minimum Gasteiger partial charge on any atom is -0.496 e. The van der Waals surface area contributed by atoms with E-state index in [1.54, 1.807) is 25.3 Å². The van der Waals surface area contributed by atoms with Gasteiger partial charge in [0.2, 0.25) is 0 Å². The molecule has 2 nitrogen and oxygen atoms in total. The molecule has 4 heteroatoms. The summed E-state index contributed by atoms with van der Waals surface area (Å²) < 4.78 is 5.38. The molecule has 0 fully saturated rings. The smallest absolute Gasteiger partial charge is 0.125 e. The van der Waals surface area contributed by atoms with Gasteiger partial charge < -0.3 is 9.84 Å². The molecule has 0 radical (unpaired) electrons. The van der Waals surface area contributed by atoms with Gasteiger partial charge in [0.1, 0.15) is 11.9 Å². The lowest BCUT2D eigenvalue weighted by Crippen LogP contribution is -2.05. The number of hydrogen-bond acceptors (Lipinski definition) is 2. The maximum absolute atomic E-state index is 10.6. The van der Waals surface area contributed by atoms with Crippen LogP contribution in [-0.4, -0.2) is 12.2 Å². The van der Waals surface area contributed by atoms with Gasteiger partial charge in [0, 0.05) is 5.56 Å². The molecule has 0 amide bonds. The van der Waals surface area contributed by atoms with Crippen molar-refractivity contribution in [1.29, 1.82) is 0 Å². The number of benzene rings is 2. The number of rotatable bonds is 3. The zero-order valence-electron chi connectivity index (χ0n) is 11.6. The van der Waals surface area contributed by atoms with E-state index in [9.17, 15) is 5.11 Å². The molecule has 1 N–H and O–H groups in total. The Hall–Kier alpha value is -1.22. The van der Waals surface area contributed by atoms with Crippen LogP contribution in [0.1, 0.15) is 28.4 Å². The second kappa shape index (κ2) is 6.04. The first-order chi connectivity index (χ1) is 9.43. The van der Waals surface area contributed by atoms with Crippen LogP contribution in [0.3, 0.4) is 0 Å². The van der Waals surface area contributed by atoms with E-state index in [2.05, 4.69) is 0 Å². The Balaban J connectivity index is 2.52. The molecule has 2 aromatic carbocycles. The molecule has 1 atom stereocenters. The fourth-order valence-corrected chi connectivity index (χ4v) is 2.61. The molecule has 0 saturated heterocycles. The van der Waals surface area contributed by atoms with Gasteiger partial charge in [0.05, 0.1) is 17.2 Å². The quantitative estimate of drug-likeness (QED) is 0.890. The second-order valence-corrected chi connectivity index (χ2v) is 5.59. The fourth-order valence-electron chi connectivity index (χ4n) is 2.31. The Labute approximate surface area is 128 Å². The van der Waals surface area contributed by atoms with Gasteiger partial charge >= 0.3 is 0 Å². The van der Waals surface area contributed by atoms with Gasteiger partial charge in [-0.3, -0.25) is 0 Å². The van der Waals surface area contributed by atoms with Gasteiger partial charge in [0.25, 0.3) is 0 Å². The Morgan fingerprint density at radius 2 is 1.75 bits per heavy atom. The van der Waals surface area contributed by atoms with E-state index in [1.807, 2.05) is 26.0 Å². The van der Waals surface area contributed by atoms with Gasteiger partial charge in [-0.2, -0.15) is 0 Å². The number of aryl methyl sites for hydroxylation is 2. The topological polar surface area (TPSA) is 29.5 Å². The zero-order valence-corrected chi connectivity index (χ0v) is 13.1. The number of hydrogen-bond donors (Lipinski definition) is 1. The molecule has 0 heterocycles.